The second-order valence-electron chi connectivity index (χ2n) is 14.4. The quantitative estimate of drug-likeness (QED) is 0.0243. The maximum atomic E-state index is 11.8. The molecule has 0 rings (SSSR count). The van der Waals surface area contributed by atoms with Gasteiger partial charge in [-0.05, 0) is 44.9 Å². The first kappa shape index (κ1) is 50.7. The zero-order valence-corrected chi connectivity index (χ0v) is 34.4. The Kier molecular flexibility index (Phi) is 39.9. The third-order valence-electron chi connectivity index (χ3n) is 9.26. The number of hydrogen-bond acceptors (Lipinski definition) is 7. The summed E-state index contributed by atoms with van der Waals surface area (Å²) in [5, 5.41) is 9.77. The molecule has 4 N–H and O–H groups in total. The van der Waals surface area contributed by atoms with E-state index in [1.807, 2.05) is 0 Å². The molecule has 0 radical (unpaired) electrons. The summed E-state index contributed by atoms with van der Waals surface area (Å²) in [6, 6.07) is 0. The number of phosphoric acid groups is 1. The van der Waals surface area contributed by atoms with Crippen molar-refractivity contribution in [1.29, 1.82) is 0 Å². The fraction of sp³-hybridized carbons (Fsp3) is 0.837. The van der Waals surface area contributed by atoms with Crippen LogP contribution in [0.1, 0.15) is 200 Å². The normalized spacial score (nSPS) is 13.8. The summed E-state index contributed by atoms with van der Waals surface area (Å²) < 4.78 is 25.7. The lowest BCUT2D eigenvalue weighted by atomic mass is 10.0. The Morgan fingerprint density at radius 3 is 1.38 bits per heavy atom. The number of aliphatic hydroxyl groups is 1. The van der Waals surface area contributed by atoms with Gasteiger partial charge in [-0.1, -0.05) is 185 Å². The van der Waals surface area contributed by atoms with Gasteiger partial charge >= 0.3 is 13.8 Å². The summed E-state index contributed by atoms with van der Waals surface area (Å²) >= 11 is 0. The van der Waals surface area contributed by atoms with Crippen molar-refractivity contribution in [3.8, 4) is 0 Å². The van der Waals surface area contributed by atoms with Crippen molar-refractivity contribution in [2.45, 2.75) is 206 Å². The minimum atomic E-state index is -4.25. The van der Waals surface area contributed by atoms with E-state index < -0.39 is 20.5 Å². The first-order valence-electron chi connectivity index (χ1n) is 21.5. The van der Waals surface area contributed by atoms with Crippen molar-refractivity contribution < 1.29 is 33.1 Å². The molecule has 8 nitrogen and oxygen atoms in total. The van der Waals surface area contributed by atoms with Crippen molar-refractivity contribution >= 4 is 13.8 Å². The minimum absolute atomic E-state index is 0.0749. The van der Waals surface area contributed by atoms with Crippen LogP contribution in [0, 0.1) is 0 Å². The predicted octanol–water partition coefficient (Wildman–Crippen LogP) is 12.4. The van der Waals surface area contributed by atoms with E-state index in [1.54, 1.807) is 0 Å². The van der Waals surface area contributed by atoms with Gasteiger partial charge in [0.2, 0.25) is 0 Å². The van der Waals surface area contributed by atoms with Crippen LogP contribution in [-0.4, -0.2) is 48.4 Å². The van der Waals surface area contributed by atoms with Gasteiger partial charge in [0.25, 0.3) is 0 Å². The summed E-state index contributed by atoms with van der Waals surface area (Å²) in [6.07, 6.45) is 50.5. The maximum Gasteiger partial charge on any atom is 0.472 e. The molecular formula is C43H82NO7P. The first-order chi connectivity index (χ1) is 25.4. The molecule has 0 fully saturated rings. The van der Waals surface area contributed by atoms with Crippen molar-refractivity contribution in [2.75, 3.05) is 26.4 Å². The summed E-state index contributed by atoms with van der Waals surface area (Å²) in [5.41, 5.74) is 5.20. The van der Waals surface area contributed by atoms with Crippen LogP contribution in [0.25, 0.3) is 0 Å². The average molecular weight is 756 g/mol. The zero-order chi connectivity index (χ0) is 38.1. The summed E-state index contributed by atoms with van der Waals surface area (Å²) in [6.45, 7) is 1.46. The van der Waals surface area contributed by atoms with E-state index in [1.165, 1.54) is 154 Å². The van der Waals surface area contributed by atoms with Gasteiger partial charge < -0.3 is 20.5 Å². The molecule has 0 aliphatic carbocycles. The van der Waals surface area contributed by atoms with Gasteiger partial charge in [-0.25, -0.2) is 4.57 Å². The van der Waals surface area contributed by atoms with Gasteiger partial charge in [0.15, 0.2) is 0 Å². The van der Waals surface area contributed by atoms with Gasteiger partial charge in [0.1, 0.15) is 12.7 Å². The zero-order valence-electron chi connectivity index (χ0n) is 33.5. The number of phosphoric ester groups is 1. The number of allylic oxidation sites excluding steroid dienone is 6. The molecule has 0 aliphatic heterocycles. The van der Waals surface area contributed by atoms with Crippen LogP contribution < -0.4 is 5.73 Å². The van der Waals surface area contributed by atoms with Gasteiger partial charge in [0.05, 0.1) is 13.2 Å². The Labute approximate surface area is 320 Å². The molecule has 0 bridgehead atoms. The highest BCUT2D eigenvalue weighted by Gasteiger charge is 2.22. The number of hydrogen-bond donors (Lipinski definition) is 3. The van der Waals surface area contributed by atoms with Crippen LogP contribution in [0.3, 0.4) is 0 Å². The largest absolute Gasteiger partial charge is 0.472 e. The molecule has 0 saturated heterocycles. The Hall–Kier alpha value is -1.28. The van der Waals surface area contributed by atoms with Crippen molar-refractivity contribution in [1.82, 2.24) is 0 Å². The van der Waals surface area contributed by atoms with Crippen LogP contribution in [0.15, 0.2) is 36.5 Å². The van der Waals surface area contributed by atoms with Crippen molar-refractivity contribution in [3.63, 3.8) is 0 Å². The molecule has 0 aromatic heterocycles. The number of nitrogens with two attached hydrogens (primary N) is 1. The van der Waals surface area contributed by atoms with Gasteiger partial charge in [0, 0.05) is 13.0 Å². The molecule has 0 saturated carbocycles. The van der Waals surface area contributed by atoms with E-state index >= 15 is 0 Å². The number of rotatable bonds is 41. The first-order valence-corrected chi connectivity index (χ1v) is 23.0. The van der Waals surface area contributed by atoms with Gasteiger partial charge in [-0.15, -0.1) is 0 Å². The monoisotopic (exact) mass is 756 g/mol. The average Bonchev–Trinajstić information content (AvgIpc) is 3.14. The third kappa shape index (κ3) is 41.5. The van der Waals surface area contributed by atoms with E-state index in [2.05, 4.69) is 52.4 Å². The molecule has 2 atom stereocenters. The number of ether oxygens (including phenoxy) is 1. The number of carbonyl (C=O) groups is 1. The Balaban J connectivity index is 3.31. The highest BCUT2D eigenvalue weighted by atomic mass is 31.2. The highest BCUT2D eigenvalue weighted by molar-refractivity contribution is 7.47. The molecule has 0 spiro atoms. The number of carbonyl (C=O) groups excluding carboxylic acids is 1. The second kappa shape index (κ2) is 40.9. The number of unbranched alkanes of at least 4 members (excludes halogenated alkanes) is 25. The smallest absolute Gasteiger partial charge is 0.463 e. The predicted molar refractivity (Wildman–Crippen MR) is 219 cm³/mol. The topological polar surface area (TPSA) is 128 Å². The van der Waals surface area contributed by atoms with E-state index in [0.717, 1.165) is 32.1 Å². The molecule has 2 unspecified atom stereocenters. The summed E-state index contributed by atoms with van der Waals surface area (Å²) in [7, 11) is -4.25. The standard InChI is InChI=1S/C43H82NO7P/c1-2-3-4-5-6-7-8-9-10-11-12-13-14-15-16-17-18-19-20-21-22-23-24-25-26-27-28-29-30-31-32-33-34-35-36-37-43(46)49-40-42(45)41-51-52(47,48)50-39-38-44/h8-9,11-12,14-15,42,45H,2-7,10,13,16-41,44H2,1H3,(H,47,48)/b9-8-,12-11-,15-14-. The second-order valence-corrected chi connectivity index (χ2v) is 15.9. The van der Waals surface area contributed by atoms with Crippen molar-refractivity contribution in [2.24, 2.45) is 5.73 Å². The molecule has 9 heteroatoms. The fourth-order valence-electron chi connectivity index (χ4n) is 6.05. The van der Waals surface area contributed by atoms with Gasteiger partial charge in [-0.3, -0.25) is 13.8 Å². The number of aliphatic hydroxyl groups excluding tert-OH is 1. The van der Waals surface area contributed by atoms with E-state index in [-0.39, 0.29) is 25.7 Å². The Morgan fingerprint density at radius 2 is 0.962 bits per heavy atom. The van der Waals surface area contributed by atoms with E-state index in [0.29, 0.717) is 6.42 Å². The van der Waals surface area contributed by atoms with E-state index in [4.69, 9.17) is 10.5 Å². The highest BCUT2D eigenvalue weighted by Crippen LogP contribution is 2.42. The van der Waals surface area contributed by atoms with Crippen LogP contribution in [0.5, 0.6) is 0 Å². The Morgan fingerprint density at radius 1 is 0.577 bits per heavy atom. The molecule has 0 aliphatic rings. The molecule has 0 aromatic carbocycles. The number of esters is 1. The van der Waals surface area contributed by atoms with Crippen LogP contribution in [0.4, 0.5) is 0 Å². The van der Waals surface area contributed by atoms with Crippen LogP contribution in [0.2, 0.25) is 0 Å². The lowest BCUT2D eigenvalue weighted by Gasteiger charge is -2.15. The molecule has 0 aromatic rings. The molecular weight excluding hydrogens is 673 g/mol. The fourth-order valence-corrected chi connectivity index (χ4v) is 6.82. The summed E-state index contributed by atoms with van der Waals surface area (Å²) in [5.74, 6) is -0.382. The lowest BCUT2D eigenvalue weighted by Crippen LogP contribution is -2.23. The summed E-state index contributed by atoms with van der Waals surface area (Å²) in [4.78, 5) is 21.2. The van der Waals surface area contributed by atoms with Crippen molar-refractivity contribution in [3.05, 3.63) is 36.5 Å². The molecule has 0 heterocycles. The lowest BCUT2D eigenvalue weighted by molar-refractivity contribution is -0.147. The minimum Gasteiger partial charge on any atom is -0.463 e. The molecule has 0 amide bonds. The third-order valence-corrected chi connectivity index (χ3v) is 10.2. The Bertz CT molecular complexity index is 895. The molecule has 52 heavy (non-hydrogen) atoms. The van der Waals surface area contributed by atoms with E-state index in [9.17, 15) is 19.4 Å². The van der Waals surface area contributed by atoms with Crippen LogP contribution >= 0.6 is 7.82 Å². The van der Waals surface area contributed by atoms with Crippen LogP contribution in [-0.2, 0) is 23.1 Å². The maximum absolute atomic E-state index is 11.8. The van der Waals surface area contributed by atoms with Gasteiger partial charge in [-0.2, -0.15) is 0 Å². The SMILES string of the molecule is CCCCCCC/C=C\C/C=C\C/C=C\CCCCCCCCCCCCCCCCCCCCCCC(=O)OCC(O)COP(=O)(O)OCCN. The molecule has 306 valence electrons.